The van der Waals surface area contributed by atoms with Gasteiger partial charge in [0.25, 0.3) is 0 Å². The molecule has 0 bridgehead atoms. The van der Waals surface area contributed by atoms with E-state index in [1.54, 1.807) is 0 Å². The van der Waals surface area contributed by atoms with Crippen molar-refractivity contribution in [2.24, 2.45) is 0 Å². The molecule has 0 fully saturated rings. The number of rotatable bonds is 2. The molecule has 0 saturated carbocycles. The van der Waals surface area contributed by atoms with Gasteiger partial charge in [0, 0.05) is 5.39 Å². The van der Waals surface area contributed by atoms with E-state index in [1.807, 2.05) is 0 Å². The molecule has 3 aromatic heterocycles. The van der Waals surface area contributed by atoms with Crippen LogP contribution in [-0.2, 0) is 6.18 Å². The monoisotopic (exact) mass is 433 g/mol. The van der Waals surface area contributed by atoms with Gasteiger partial charge in [0.2, 0.25) is 0 Å². The number of benzene rings is 1. The Morgan fingerprint density at radius 1 is 1.07 bits per heavy atom. The van der Waals surface area contributed by atoms with Gasteiger partial charge in [-0.2, -0.15) is 31.4 Å². The quantitative estimate of drug-likeness (QED) is 0.416. The molecule has 4 aromatic rings. The first-order valence-electron chi connectivity index (χ1n) is 8.13. The van der Waals surface area contributed by atoms with Gasteiger partial charge in [0.15, 0.2) is 5.65 Å². The van der Waals surface area contributed by atoms with Crippen LogP contribution in [0, 0.1) is 0 Å². The van der Waals surface area contributed by atoms with Crippen molar-refractivity contribution in [1.29, 1.82) is 0 Å². The van der Waals surface area contributed by atoms with Crippen LogP contribution in [0.1, 0.15) is 24.4 Å². The second-order valence-electron chi connectivity index (χ2n) is 6.37. The second-order valence-corrected chi connectivity index (χ2v) is 6.77. The first-order chi connectivity index (χ1) is 13.5. The molecular weight excluding hydrogens is 424 g/mol. The molecule has 5 nitrogen and oxygen atoms in total. The van der Waals surface area contributed by atoms with Crippen molar-refractivity contribution in [3.05, 3.63) is 47.0 Å². The minimum absolute atomic E-state index is 0.0873. The van der Waals surface area contributed by atoms with Crippen molar-refractivity contribution in [1.82, 2.24) is 24.7 Å². The van der Waals surface area contributed by atoms with Gasteiger partial charge in [0.1, 0.15) is 23.0 Å². The highest BCUT2D eigenvalue weighted by atomic mass is 35.5. The number of nitrogens with one attached hydrogen (secondary N) is 1. The third-order valence-corrected chi connectivity index (χ3v) is 4.74. The second kappa shape index (κ2) is 6.34. The van der Waals surface area contributed by atoms with Gasteiger partial charge in [-0.1, -0.05) is 11.6 Å². The van der Waals surface area contributed by atoms with Crippen molar-refractivity contribution < 1.29 is 26.3 Å². The molecule has 1 aromatic carbocycles. The fourth-order valence-corrected chi connectivity index (χ4v) is 3.22. The summed E-state index contributed by atoms with van der Waals surface area (Å²) in [5.41, 5.74) is -1.18. The summed E-state index contributed by atoms with van der Waals surface area (Å²) >= 11 is 6.17. The summed E-state index contributed by atoms with van der Waals surface area (Å²) < 4.78 is 80.6. The van der Waals surface area contributed by atoms with Crippen LogP contribution in [0.2, 0.25) is 5.02 Å². The predicted octanol–water partition coefficient (Wildman–Crippen LogP) is 5.63. The number of aromatic amines is 1. The number of imidazole rings is 1. The molecule has 152 valence electrons. The molecule has 3 heterocycles. The summed E-state index contributed by atoms with van der Waals surface area (Å²) in [7, 11) is 0. The van der Waals surface area contributed by atoms with Gasteiger partial charge in [0.05, 0.1) is 22.4 Å². The highest BCUT2D eigenvalue weighted by Crippen LogP contribution is 2.38. The fourth-order valence-electron chi connectivity index (χ4n) is 2.95. The molecule has 0 saturated heterocycles. The van der Waals surface area contributed by atoms with E-state index in [0.717, 1.165) is 17.6 Å². The number of alkyl halides is 6. The minimum Gasteiger partial charge on any atom is -0.280 e. The Morgan fingerprint density at radius 3 is 2.45 bits per heavy atom. The predicted molar refractivity (Wildman–Crippen MR) is 93.0 cm³/mol. The zero-order valence-electron chi connectivity index (χ0n) is 14.4. The number of pyridine rings is 1. The van der Waals surface area contributed by atoms with Gasteiger partial charge < -0.3 is 0 Å². The smallest absolute Gasteiger partial charge is 0.280 e. The van der Waals surface area contributed by atoms with Crippen LogP contribution in [0.3, 0.4) is 0 Å². The van der Waals surface area contributed by atoms with Crippen molar-refractivity contribution in [2.45, 2.75) is 25.2 Å². The maximum atomic E-state index is 13.4. The largest absolute Gasteiger partial charge is 0.433 e. The normalized spacial score (nSPS) is 14.1. The summed E-state index contributed by atoms with van der Waals surface area (Å²) in [6.45, 7) is 0.875. The van der Waals surface area contributed by atoms with E-state index in [1.165, 1.54) is 18.3 Å². The van der Waals surface area contributed by atoms with Crippen LogP contribution in [-0.4, -0.2) is 30.9 Å². The average molecular weight is 434 g/mol. The summed E-state index contributed by atoms with van der Waals surface area (Å²) in [6.07, 6.45) is -8.05. The third-order valence-electron chi connectivity index (χ3n) is 4.44. The van der Waals surface area contributed by atoms with E-state index in [2.05, 4.69) is 20.2 Å². The molecule has 1 atom stereocenters. The SMILES string of the molecule is CC(c1nc2ccc(C(F)(F)F)nc2n1-c1cc(Cl)c2[nH]ncc2c1)C(F)(F)F. The Balaban J connectivity index is 2.07. The lowest BCUT2D eigenvalue weighted by Crippen LogP contribution is -2.21. The molecule has 0 aliphatic carbocycles. The Morgan fingerprint density at radius 2 is 1.79 bits per heavy atom. The summed E-state index contributed by atoms with van der Waals surface area (Å²) in [5.74, 6) is -2.57. The molecule has 0 radical (unpaired) electrons. The van der Waals surface area contributed by atoms with Gasteiger partial charge >= 0.3 is 12.4 Å². The topological polar surface area (TPSA) is 59.4 Å². The van der Waals surface area contributed by atoms with Crippen LogP contribution >= 0.6 is 11.6 Å². The molecule has 4 rings (SSSR count). The van der Waals surface area contributed by atoms with E-state index in [9.17, 15) is 26.3 Å². The highest BCUT2D eigenvalue weighted by molar-refractivity contribution is 6.35. The molecule has 0 amide bonds. The van der Waals surface area contributed by atoms with Gasteiger partial charge in [-0.25, -0.2) is 9.97 Å². The zero-order chi connectivity index (χ0) is 21.1. The Labute approximate surface area is 163 Å². The van der Waals surface area contributed by atoms with Crippen LogP contribution in [0.5, 0.6) is 0 Å². The Kier molecular flexibility index (Phi) is 4.26. The lowest BCUT2D eigenvalue weighted by Gasteiger charge is -2.17. The summed E-state index contributed by atoms with van der Waals surface area (Å²) in [6, 6.07) is 4.43. The van der Waals surface area contributed by atoms with Crippen LogP contribution < -0.4 is 0 Å². The number of aromatic nitrogens is 5. The third kappa shape index (κ3) is 3.28. The molecule has 29 heavy (non-hydrogen) atoms. The minimum atomic E-state index is -4.77. The maximum absolute atomic E-state index is 13.4. The molecule has 0 aliphatic heterocycles. The number of hydrogen-bond donors (Lipinski definition) is 1. The summed E-state index contributed by atoms with van der Waals surface area (Å²) in [5, 5.41) is 7.05. The van der Waals surface area contributed by atoms with E-state index < -0.39 is 29.8 Å². The number of halogens is 7. The van der Waals surface area contributed by atoms with Crippen LogP contribution in [0.15, 0.2) is 30.5 Å². The summed E-state index contributed by atoms with van der Waals surface area (Å²) in [4.78, 5) is 7.47. The van der Waals surface area contributed by atoms with Crippen LogP contribution in [0.4, 0.5) is 26.3 Å². The van der Waals surface area contributed by atoms with Crippen LogP contribution in [0.25, 0.3) is 27.8 Å². The van der Waals surface area contributed by atoms with E-state index >= 15 is 0 Å². The van der Waals surface area contributed by atoms with Gasteiger partial charge in [-0.15, -0.1) is 0 Å². The first kappa shape index (κ1) is 19.5. The maximum Gasteiger partial charge on any atom is 0.433 e. The first-order valence-corrected chi connectivity index (χ1v) is 8.51. The molecule has 1 N–H and O–H groups in total. The number of hydrogen-bond acceptors (Lipinski definition) is 3. The van der Waals surface area contributed by atoms with E-state index in [-0.39, 0.29) is 21.9 Å². The lowest BCUT2D eigenvalue weighted by molar-refractivity contribution is -0.148. The molecule has 1 unspecified atom stereocenters. The number of H-pyrrole nitrogens is 1. The number of nitrogens with zero attached hydrogens (tertiary/aromatic N) is 4. The molecule has 12 heteroatoms. The highest BCUT2D eigenvalue weighted by Gasteiger charge is 2.41. The van der Waals surface area contributed by atoms with Crippen molar-refractivity contribution >= 4 is 33.7 Å². The Bertz CT molecular complexity index is 1220. The molecule has 0 spiro atoms. The van der Waals surface area contributed by atoms with Crippen molar-refractivity contribution in [2.75, 3.05) is 0 Å². The standard InChI is InChI=1S/C17H10ClF6N5/c1-7(16(19,20)21)14-26-11-2-3-12(17(22,23)24)27-15(11)29(14)9-4-8-6-25-28-13(8)10(18)5-9/h2-7H,1H3,(H,25,28). The molecular formula is C17H10ClF6N5. The van der Waals surface area contributed by atoms with Gasteiger partial charge in [-0.05, 0) is 31.2 Å². The van der Waals surface area contributed by atoms with Gasteiger partial charge in [-0.3, -0.25) is 9.67 Å². The average Bonchev–Trinajstić information content (AvgIpc) is 3.23. The van der Waals surface area contributed by atoms with E-state index in [4.69, 9.17) is 11.6 Å². The zero-order valence-corrected chi connectivity index (χ0v) is 15.2. The van der Waals surface area contributed by atoms with Crippen molar-refractivity contribution in [3.63, 3.8) is 0 Å². The lowest BCUT2D eigenvalue weighted by atomic mass is 10.1. The Hall–Kier alpha value is -2.82. The van der Waals surface area contributed by atoms with Crippen molar-refractivity contribution in [3.8, 4) is 5.69 Å². The van der Waals surface area contributed by atoms with E-state index in [0.29, 0.717) is 17.0 Å². The fraction of sp³-hybridized carbons (Fsp3) is 0.235. The number of fused-ring (bicyclic) bond motifs is 2. The molecule has 0 aliphatic rings.